The van der Waals surface area contributed by atoms with Gasteiger partial charge in [0.05, 0.1) is 22.2 Å². The van der Waals surface area contributed by atoms with Gasteiger partial charge in [0.15, 0.2) is 5.96 Å². The van der Waals surface area contributed by atoms with Crippen LogP contribution in [-0.2, 0) is 6.54 Å². The van der Waals surface area contributed by atoms with E-state index in [0.717, 1.165) is 22.1 Å². The van der Waals surface area contributed by atoms with Gasteiger partial charge in [-0.15, -0.1) is 35.3 Å². The fourth-order valence-electron chi connectivity index (χ4n) is 2.37. The minimum atomic E-state index is -0.388. The molecule has 1 heterocycles. The number of nitrogens with one attached hydrogen (secondary N) is 3. The van der Waals surface area contributed by atoms with Crippen LogP contribution in [0.15, 0.2) is 29.3 Å². The number of hydrogen-bond donors (Lipinski definition) is 3. The monoisotopic (exact) mass is 504 g/mol. The number of guanidine groups is 1. The zero-order valence-electron chi connectivity index (χ0n) is 15.6. The summed E-state index contributed by atoms with van der Waals surface area (Å²) in [5.41, 5.74) is 1.60. The van der Waals surface area contributed by atoms with Crippen LogP contribution in [0.1, 0.15) is 22.5 Å². The second-order valence-electron chi connectivity index (χ2n) is 5.56. The molecule has 0 aliphatic heterocycles. The first-order valence-corrected chi connectivity index (χ1v) is 9.25. The van der Waals surface area contributed by atoms with Crippen molar-refractivity contribution in [1.82, 2.24) is 15.6 Å². The molecule has 0 bridgehead atoms. The first kappa shape index (κ1) is 23.1. The van der Waals surface area contributed by atoms with E-state index in [1.807, 2.05) is 20.8 Å². The zero-order chi connectivity index (χ0) is 18.9. The van der Waals surface area contributed by atoms with Gasteiger partial charge >= 0.3 is 0 Å². The predicted molar refractivity (Wildman–Crippen MR) is 121 cm³/mol. The summed E-state index contributed by atoms with van der Waals surface area (Å²) in [6, 6.07) is 6.61. The average Bonchev–Trinajstić information content (AvgIpc) is 2.94. The maximum Gasteiger partial charge on any atom is 0.292 e. The number of aryl methyl sites for hydroxylation is 2. The number of halogens is 1. The number of aliphatic imine (C=N–C) groups is 1. The third kappa shape index (κ3) is 7.29. The second-order valence-corrected chi connectivity index (χ2v) is 6.85. The van der Waals surface area contributed by atoms with E-state index in [9.17, 15) is 10.1 Å². The molecular weight excluding hydrogens is 479 g/mol. The Morgan fingerprint density at radius 1 is 1.26 bits per heavy atom. The lowest BCUT2D eigenvalue weighted by molar-refractivity contribution is -0.384. The van der Waals surface area contributed by atoms with Crippen molar-refractivity contribution in [1.29, 1.82) is 0 Å². The fraction of sp³-hybridized carbons (Fsp3) is 0.412. The van der Waals surface area contributed by atoms with Gasteiger partial charge in [0.1, 0.15) is 5.69 Å². The van der Waals surface area contributed by atoms with Crippen LogP contribution in [0.4, 0.5) is 11.4 Å². The third-order valence-electron chi connectivity index (χ3n) is 3.56. The molecule has 0 amide bonds. The molecule has 27 heavy (non-hydrogen) atoms. The highest BCUT2D eigenvalue weighted by Gasteiger charge is 2.11. The van der Waals surface area contributed by atoms with Gasteiger partial charge in [-0.1, -0.05) is 12.1 Å². The van der Waals surface area contributed by atoms with E-state index >= 15 is 0 Å². The Labute approximate surface area is 180 Å². The number of nitro benzene ring substituents is 1. The molecule has 10 heteroatoms. The van der Waals surface area contributed by atoms with Crippen LogP contribution < -0.4 is 16.0 Å². The van der Waals surface area contributed by atoms with Crippen LogP contribution in [0.3, 0.4) is 0 Å². The van der Waals surface area contributed by atoms with Gasteiger partial charge in [0, 0.05) is 30.6 Å². The van der Waals surface area contributed by atoms with Gasteiger partial charge in [-0.3, -0.25) is 10.1 Å². The van der Waals surface area contributed by atoms with Crippen LogP contribution in [0.25, 0.3) is 0 Å². The number of nitrogens with zero attached hydrogens (tertiary/aromatic N) is 3. The topological polar surface area (TPSA) is 104 Å². The van der Waals surface area contributed by atoms with E-state index in [4.69, 9.17) is 0 Å². The molecule has 1 aromatic carbocycles. The number of aromatic nitrogens is 1. The van der Waals surface area contributed by atoms with Gasteiger partial charge in [-0.05, 0) is 26.8 Å². The van der Waals surface area contributed by atoms with E-state index in [1.54, 1.807) is 29.5 Å². The van der Waals surface area contributed by atoms with Crippen molar-refractivity contribution in [3.8, 4) is 0 Å². The first-order valence-electron chi connectivity index (χ1n) is 8.43. The number of rotatable bonds is 8. The molecule has 0 radical (unpaired) electrons. The van der Waals surface area contributed by atoms with E-state index in [0.29, 0.717) is 31.3 Å². The minimum Gasteiger partial charge on any atom is -0.378 e. The first-order chi connectivity index (χ1) is 12.5. The van der Waals surface area contributed by atoms with Gasteiger partial charge in [-0.2, -0.15) is 0 Å². The molecule has 0 saturated heterocycles. The van der Waals surface area contributed by atoms with Crippen molar-refractivity contribution in [2.75, 3.05) is 25.0 Å². The normalized spacial score (nSPS) is 10.9. The van der Waals surface area contributed by atoms with Crippen molar-refractivity contribution < 1.29 is 4.92 Å². The number of benzene rings is 1. The van der Waals surface area contributed by atoms with Crippen molar-refractivity contribution in [2.24, 2.45) is 4.99 Å². The number of thiazole rings is 1. The summed E-state index contributed by atoms with van der Waals surface area (Å²) in [6.07, 6.45) is 0. The van der Waals surface area contributed by atoms with E-state index < -0.39 is 0 Å². The molecule has 0 saturated carbocycles. The van der Waals surface area contributed by atoms with Gasteiger partial charge in [0.25, 0.3) is 5.69 Å². The van der Waals surface area contributed by atoms with E-state index in [-0.39, 0.29) is 34.6 Å². The molecule has 0 unspecified atom stereocenters. The van der Waals surface area contributed by atoms with Gasteiger partial charge in [-0.25, -0.2) is 9.98 Å². The van der Waals surface area contributed by atoms with Crippen molar-refractivity contribution in [2.45, 2.75) is 27.3 Å². The van der Waals surface area contributed by atoms with Crippen molar-refractivity contribution in [3.05, 3.63) is 50.0 Å². The lowest BCUT2D eigenvalue weighted by atomic mass is 10.2. The lowest BCUT2D eigenvalue weighted by Gasteiger charge is -2.12. The molecule has 0 spiro atoms. The molecule has 2 rings (SSSR count). The highest BCUT2D eigenvalue weighted by Crippen LogP contribution is 2.22. The Morgan fingerprint density at radius 3 is 2.63 bits per heavy atom. The van der Waals surface area contributed by atoms with Crippen molar-refractivity contribution >= 4 is 52.6 Å². The Hall–Kier alpha value is -1.95. The SMILES string of the molecule is CCNC(=NCc1sc(C)nc1C)NCCNc1ccccc1[N+](=O)[O-].I. The summed E-state index contributed by atoms with van der Waals surface area (Å²) in [5, 5.41) is 21.6. The zero-order valence-corrected chi connectivity index (χ0v) is 18.8. The molecule has 0 aliphatic carbocycles. The molecule has 0 atom stereocenters. The summed E-state index contributed by atoms with van der Waals surface area (Å²) in [6.45, 7) is 8.43. The molecule has 148 valence electrons. The molecule has 0 aliphatic rings. The highest BCUT2D eigenvalue weighted by atomic mass is 127. The summed E-state index contributed by atoms with van der Waals surface area (Å²) in [5.74, 6) is 0.710. The molecule has 3 N–H and O–H groups in total. The summed E-state index contributed by atoms with van der Waals surface area (Å²) in [7, 11) is 0. The molecular formula is C17H25IN6O2S. The maximum atomic E-state index is 11.0. The van der Waals surface area contributed by atoms with Crippen LogP contribution in [0.2, 0.25) is 0 Å². The summed E-state index contributed by atoms with van der Waals surface area (Å²) in [4.78, 5) is 20.8. The molecule has 0 fully saturated rings. The molecule has 8 nitrogen and oxygen atoms in total. The van der Waals surface area contributed by atoms with Gasteiger partial charge in [0.2, 0.25) is 0 Å². The predicted octanol–water partition coefficient (Wildman–Crippen LogP) is 3.45. The lowest BCUT2D eigenvalue weighted by Crippen LogP contribution is -2.39. The fourth-order valence-corrected chi connectivity index (χ4v) is 3.23. The maximum absolute atomic E-state index is 11.0. The second kappa shape index (κ2) is 11.7. The standard InChI is InChI=1S/C17H24N6O2S.HI/c1-4-18-17(21-11-16-12(2)22-13(3)26-16)20-10-9-19-14-7-5-6-8-15(14)23(24)25;/h5-8,19H,4,9-11H2,1-3H3,(H2,18,20,21);1H. The number of nitro groups is 1. The van der Waals surface area contributed by atoms with E-state index in [1.165, 1.54) is 6.07 Å². The molecule has 1 aromatic heterocycles. The number of anilines is 1. The average molecular weight is 504 g/mol. The molecule has 2 aromatic rings. The van der Waals surface area contributed by atoms with Crippen LogP contribution in [0.5, 0.6) is 0 Å². The third-order valence-corrected chi connectivity index (χ3v) is 4.62. The Kier molecular flexibility index (Phi) is 10.0. The summed E-state index contributed by atoms with van der Waals surface area (Å²) < 4.78 is 0. The number of para-hydroxylation sites is 2. The summed E-state index contributed by atoms with van der Waals surface area (Å²) >= 11 is 1.65. The Balaban J connectivity index is 0.00000364. The Bertz CT molecular complexity index is 781. The Morgan fingerprint density at radius 2 is 2.00 bits per heavy atom. The highest BCUT2D eigenvalue weighted by molar-refractivity contribution is 14.0. The van der Waals surface area contributed by atoms with Gasteiger partial charge < -0.3 is 16.0 Å². The minimum absolute atomic E-state index is 0. The largest absolute Gasteiger partial charge is 0.378 e. The smallest absolute Gasteiger partial charge is 0.292 e. The van der Waals surface area contributed by atoms with Crippen LogP contribution >= 0.6 is 35.3 Å². The van der Waals surface area contributed by atoms with E-state index in [2.05, 4.69) is 25.9 Å². The van der Waals surface area contributed by atoms with Crippen LogP contribution in [0, 0.1) is 24.0 Å². The van der Waals surface area contributed by atoms with Crippen molar-refractivity contribution in [3.63, 3.8) is 0 Å². The van der Waals surface area contributed by atoms with Crippen LogP contribution in [-0.4, -0.2) is 35.5 Å². The quantitative estimate of drug-likeness (QED) is 0.127. The number of hydrogen-bond acceptors (Lipinski definition) is 6.